The third kappa shape index (κ3) is 2.69. The van der Waals surface area contributed by atoms with Gasteiger partial charge in [0.25, 0.3) is 0 Å². The number of hydrogen-bond acceptors (Lipinski definition) is 1. The maximum Gasteiger partial charge on any atom is 0.0572 e. The molecule has 0 aliphatic heterocycles. The van der Waals surface area contributed by atoms with Gasteiger partial charge in [0.2, 0.25) is 0 Å². The van der Waals surface area contributed by atoms with Crippen LogP contribution in [0.25, 0.3) is 10.9 Å². The number of nitrogens with one attached hydrogen (secondary N) is 1. The number of H-pyrrole nitrogens is 1. The van der Waals surface area contributed by atoms with Crippen molar-refractivity contribution in [2.24, 2.45) is 4.99 Å². The van der Waals surface area contributed by atoms with Crippen LogP contribution in [-0.2, 0) is 0 Å². The summed E-state index contributed by atoms with van der Waals surface area (Å²) in [7, 11) is 0. The van der Waals surface area contributed by atoms with Crippen LogP contribution in [0.4, 0.5) is 0 Å². The Kier molecular flexibility index (Phi) is 3.67. The van der Waals surface area contributed by atoms with Gasteiger partial charge in [-0.15, -0.1) is 0 Å². The number of aromatic amines is 1. The maximum atomic E-state index is 4.33. The molecule has 2 nitrogen and oxygen atoms in total. The molecule has 0 aliphatic carbocycles. The first-order valence-electron chi connectivity index (χ1n) is 4.86. The highest BCUT2D eigenvalue weighted by atomic mass is 14.8. The van der Waals surface area contributed by atoms with Crippen LogP contribution in [0.3, 0.4) is 0 Å². The quantitative estimate of drug-likeness (QED) is 0.720. The lowest BCUT2D eigenvalue weighted by atomic mass is 10.2. The van der Waals surface area contributed by atoms with Crippen LogP contribution in [0.15, 0.2) is 35.3 Å². The van der Waals surface area contributed by atoms with Gasteiger partial charge in [0.1, 0.15) is 0 Å². The monoisotopic (exact) mass is 202 g/mol. The van der Waals surface area contributed by atoms with Gasteiger partial charge in [-0.2, -0.15) is 0 Å². The van der Waals surface area contributed by atoms with Gasteiger partial charge in [-0.05, 0) is 26.0 Å². The predicted octanol–water partition coefficient (Wildman–Crippen LogP) is 3.63. The summed E-state index contributed by atoms with van der Waals surface area (Å²) in [5, 5.41) is 1.23. The van der Waals surface area contributed by atoms with E-state index in [1.807, 2.05) is 18.3 Å². The lowest BCUT2D eigenvalue weighted by Gasteiger charge is -1.92. The normalized spacial score (nSPS) is 11.1. The number of benzene rings is 1. The van der Waals surface area contributed by atoms with Crippen molar-refractivity contribution in [1.29, 1.82) is 0 Å². The molecule has 15 heavy (non-hydrogen) atoms. The number of rotatable bonds is 2. The van der Waals surface area contributed by atoms with Crippen molar-refractivity contribution < 1.29 is 0 Å². The molecule has 0 bridgehead atoms. The zero-order valence-corrected chi connectivity index (χ0v) is 8.49. The molecule has 1 aromatic heterocycles. The average Bonchev–Trinajstić information content (AvgIpc) is 2.57. The molecule has 0 atom stereocenters. The van der Waals surface area contributed by atoms with Crippen LogP contribution >= 0.6 is 0 Å². The Hall–Kier alpha value is -1.57. The minimum Gasteiger partial charge on any atom is -0.354 e. The molecule has 80 valence electrons. The van der Waals surface area contributed by atoms with Gasteiger partial charge < -0.3 is 4.98 Å². The first-order valence-corrected chi connectivity index (χ1v) is 4.86. The minimum atomic E-state index is 0. The van der Waals surface area contributed by atoms with E-state index in [-0.39, 0.29) is 7.43 Å². The standard InChI is InChI=1S/C12H14N2.CH4/c1-9(2)13-8-11-7-10-5-3-4-6-12(10)14-11;/h3-9,14H,1-2H3;1H4. The molecule has 1 N–H and O–H groups in total. The van der Waals surface area contributed by atoms with Crippen molar-refractivity contribution in [2.75, 3.05) is 0 Å². The number of fused-ring (bicyclic) bond motifs is 1. The molecule has 2 aromatic rings. The number of aromatic nitrogens is 1. The van der Waals surface area contributed by atoms with Gasteiger partial charge in [-0.25, -0.2) is 0 Å². The lowest BCUT2D eigenvalue weighted by Crippen LogP contribution is -1.89. The zero-order chi connectivity index (χ0) is 9.97. The summed E-state index contributed by atoms with van der Waals surface area (Å²) in [6, 6.07) is 10.7. The molecule has 0 saturated heterocycles. The summed E-state index contributed by atoms with van der Waals surface area (Å²) in [5.41, 5.74) is 2.23. The highest BCUT2D eigenvalue weighted by Crippen LogP contribution is 2.13. The Morgan fingerprint density at radius 2 is 2.00 bits per heavy atom. The summed E-state index contributed by atoms with van der Waals surface area (Å²) in [5.74, 6) is 0. The molecular formula is C13H18N2. The molecule has 1 heterocycles. The Morgan fingerprint density at radius 3 is 2.67 bits per heavy atom. The van der Waals surface area contributed by atoms with Gasteiger partial charge in [0.15, 0.2) is 0 Å². The van der Waals surface area contributed by atoms with Crippen molar-refractivity contribution >= 4 is 17.1 Å². The van der Waals surface area contributed by atoms with Crippen LogP contribution in [0.1, 0.15) is 27.0 Å². The Morgan fingerprint density at radius 1 is 1.27 bits per heavy atom. The summed E-state index contributed by atoms with van der Waals surface area (Å²) < 4.78 is 0. The third-order valence-corrected chi connectivity index (χ3v) is 2.06. The number of aliphatic imine (C=N–C) groups is 1. The van der Waals surface area contributed by atoms with Gasteiger partial charge in [0, 0.05) is 23.2 Å². The Balaban J connectivity index is 0.00000112. The molecule has 0 aliphatic rings. The molecule has 0 spiro atoms. The fourth-order valence-corrected chi connectivity index (χ4v) is 1.39. The van der Waals surface area contributed by atoms with E-state index in [4.69, 9.17) is 0 Å². The Bertz CT molecular complexity index is 419. The van der Waals surface area contributed by atoms with E-state index in [1.54, 1.807) is 0 Å². The minimum absolute atomic E-state index is 0. The summed E-state index contributed by atoms with van der Waals surface area (Å²) >= 11 is 0. The van der Waals surface area contributed by atoms with Crippen molar-refractivity contribution in [3.05, 3.63) is 36.0 Å². The SMILES string of the molecule is C.CC(C)N=Cc1cc2ccccc2[nH]1. The third-order valence-electron chi connectivity index (χ3n) is 2.06. The van der Waals surface area contributed by atoms with Crippen LogP contribution in [-0.4, -0.2) is 17.2 Å². The van der Waals surface area contributed by atoms with E-state index >= 15 is 0 Å². The number of para-hydroxylation sites is 1. The fourth-order valence-electron chi connectivity index (χ4n) is 1.39. The summed E-state index contributed by atoms with van der Waals surface area (Å²) in [4.78, 5) is 7.64. The average molecular weight is 202 g/mol. The van der Waals surface area contributed by atoms with E-state index in [0.29, 0.717) is 6.04 Å². The molecule has 0 fully saturated rings. The lowest BCUT2D eigenvalue weighted by molar-refractivity contribution is 0.840. The summed E-state index contributed by atoms with van der Waals surface area (Å²) in [6.07, 6.45) is 1.89. The summed E-state index contributed by atoms with van der Waals surface area (Å²) in [6.45, 7) is 4.14. The maximum absolute atomic E-state index is 4.33. The van der Waals surface area contributed by atoms with Crippen molar-refractivity contribution in [3.63, 3.8) is 0 Å². The second-order valence-electron chi connectivity index (χ2n) is 3.68. The molecule has 2 rings (SSSR count). The van der Waals surface area contributed by atoms with Crippen molar-refractivity contribution in [2.45, 2.75) is 27.3 Å². The number of hydrogen-bond donors (Lipinski definition) is 1. The van der Waals surface area contributed by atoms with Crippen LogP contribution in [0, 0.1) is 0 Å². The van der Waals surface area contributed by atoms with Gasteiger partial charge >= 0.3 is 0 Å². The molecule has 0 unspecified atom stereocenters. The molecule has 0 radical (unpaired) electrons. The first kappa shape index (κ1) is 11.5. The van der Waals surface area contributed by atoms with Gasteiger partial charge in [-0.3, -0.25) is 4.99 Å². The smallest absolute Gasteiger partial charge is 0.0572 e. The molecular weight excluding hydrogens is 184 g/mol. The fraction of sp³-hybridized carbons (Fsp3) is 0.308. The predicted molar refractivity (Wildman–Crippen MR) is 67.8 cm³/mol. The first-order chi connectivity index (χ1) is 6.75. The largest absolute Gasteiger partial charge is 0.354 e. The van der Waals surface area contributed by atoms with E-state index in [0.717, 1.165) is 11.2 Å². The molecule has 0 saturated carbocycles. The van der Waals surface area contributed by atoms with E-state index in [9.17, 15) is 0 Å². The molecule has 2 heteroatoms. The van der Waals surface area contributed by atoms with Crippen LogP contribution < -0.4 is 0 Å². The van der Waals surface area contributed by atoms with Crippen LogP contribution in [0.5, 0.6) is 0 Å². The van der Waals surface area contributed by atoms with Crippen LogP contribution in [0.2, 0.25) is 0 Å². The van der Waals surface area contributed by atoms with Crippen molar-refractivity contribution in [1.82, 2.24) is 4.98 Å². The van der Waals surface area contributed by atoms with Crippen molar-refractivity contribution in [3.8, 4) is 0 Å². The number of nitrogens with zero attached hydrogens (tertiary/aromatic N) is 1. The molecule has 1 aromatic carbocycles. The zero-order valence-electron chi connectivity index (χ0n) is 8.49. The second-order valence-corrected chi connectivity index (χ2v) is 3.68. The van der Waals surface area contributed by atoms with Gasteiger partial charge in [0.05, 0.1) is 5.69 Å². The highest BCUT2D eigenvalue weighted by molar-refractivity contribution is 5.89. The van der Waals surface area contributed by atoms with E-state index in [2.05, 4.69) is 42.0 Å². The highest BCUT2D eigenvalue weighted by Gasteiger charge is 1.96. The Labute approximate surface area is 91.0 Å². The topological polar surface area (TPSA) is 28.1 Å². The van der Waals surface area contributed by atoms with E-state index in [1.165, 1.54) is 5.39 Å². The molecule has 0 amide bonds. The second kappa shape index (κ2) is 4.78. The van der Waals surface area contributed by atoms with Gasteiger partial charge in [-0.1, -0.05) is 25.6 Å². The van der Waals surface area contributed by atoms with E-state index < -0.39 is 0 Å².